The molecule has 1 aliphatic heterocycles. The largest absolute Gasteiger partial charge is 0.335 e. The van der Waals surface area contributed by atoms with Gasteiger partial charge < -0.3 is 4.57 Å². The molecule has 1 unspecified atom stereocenters. The van der Waals surface area contributed by atoms with Gasteiger partial charge in [0, 0.05) is 18.9 Å². The maximum absolute atomic E-state index is 4.13. The summed E-state index contributed by atoms with van der Waals surface area (Å²) < 4.78 is 2.18. The fourth-order valence-electron chi connectivity index (χ4n) is 2.64. The van der Waals surface area contributed by atoms with Gasteiger partial charge in [-0.3, -0.25) is 0 Å². The van der Waals surface area contributed by atoms with Crippen LogP contribution in [0.25, 0.3) is 0 Å². The van der Waals surface area contributed by atoms with Gasteiger partial charge in [0.2, 0.25) is 0 Å². The van der Waals surface area contributed by atoms with Crippen LogP contribution in [0.15, 0.2) is 12.4 Å². The molecule has 1 aromatic rings. The molecular formula is C16H32N2Si. The Balaban J connectivity index is 0.000000191. The summed E-state index contributed by atoms with van der Waals surface area (Å²) in [5.74, 6) is 1.12. The molecule has 2 nitrogen and oxygen atoms in total. The van der Waals surface area contributed by atoms with Crippen LogP contribution < -0.4 is 0 Å². The Morgan fingerprint density at radius 2 is 2.11 bits per heavy atom. The third-order valence-electron chi connectivity index (χ3n) is 4.72. The Bertz CT molecular complexity index is 357. The highest BCUT2D eigenvalue weighted by molar-refractivity contribution is 6.78. The van der Waals surface area contributed by atoms with Crippen LogP contribution in [0.4, 0.5) is 0 Å². The topological polar surface area (TPSA) is 17.8 Å². The van der Waals surface area contributed by atoms with Gasteiger partial charge in [0.1, 0.15) is 5.82 Å². The van der Waals surface area contributed by atoms with Crippen molar-refractivity contribution in [1.29, 1.82) is 0 Å². The quantitative estimate of drug-likeness (QED) is 0.690. The van der Waals surface area contributed by atoms with Crippen LogP contribution >= 0.6 is 0 Å². The molecule has 1 saturated heterocycles. The summed E-state index contributed by atoms with van der Waals surface area (Å²) in [5.41, 5.74) is 1.09. The van der Waals surface area contributed by atoms with Crippen molar-refractivity contribution in [3.63, 3.8) is 0 Å². The lowest BCUT2D eigenvalue weighted by atomic mass is 10.2. The number of unbranched alkanes of at least 4 members (excludes halogenated alkanes) is 1. The average molecular weight is 281 g/mol. The van der Waals surface area contributed by atoms with Crippen molar-refractivity contribution in [1.82, 2.24) is 9.55 Å². The molecule has 1 fully saturated rings. The maximum Gasteiger partial charge on any atom is 0.105 e. The summed E-state index contributed by atoms with van der Waals surface area (Å²) in [6.45, 7) is 12.9. The van der Waals surface area contributed by atoms with Gasteiger partial charge in [-0.2, -0.15) is 0 Å². The van der Waals surface area contributed by atoms with Gasteiger partial charge in [-0.25, -0.2) is 4.98 Å². The van der Waals surface area contributed by atoms with Gasteiger partial charge in [0.25, 0.3) is 0 Å². The van der Waals surface area contributed by atoms with Crippen molar-refractivity contribution in [2.24, 2.45) is 0 Å². The standard InChI is InChI=1S/C8H14N2.C8H18Si/c1-3-4-6-10-7-5-9-8(10)2;1-8-6-4-5-7-9(8,2)3/h5,7H,3-4,6H2,1-2H3;8H,4-7H2,1-3H3. The summed E-state index contributed by atoms with van der Waals surface area (Å²) in [7, 11) is -0.694. The summed E-state index contributed by atoms with van der Waals surface area (Å²) in [4.78, 5) is 4.13. The van der Waals surface area contributed by atoms with Crippen LogP contribution in [0.5, 0.6) is 0 Å². The van der Waals surface area contributed by atoms with Crippen molar-refractivity contribution in [3.8, 4) is 0 Å². The molecule has 2 rings (SSSR count). The Morgan fingerprint density at radius 3 is 2.53 bits per heavy atom. The first kappa shape index (κ1) is 16.5. The highest BCUT2D eigenvalue weighted by Crippen LogP contribution is 2.36. The fraction of sp³-hybridized carbons (Fsp3) is 0.812. The van der Waals surface area contributed by atoms with Crippen LogP contribution in [0.2, 0.25) is 24.7 Å². The van der Waals surface area contributed by atoms with E-state index in [9.17, 15) is 0 Å². The van der Waals surface area contributed by atoms with Gasteiger partial charge in [-0.1, -0.05) is 58.7 Å². The van der Waals surface area contributed by atoms with Crippen LogP contribution in [0, 0.1) is 6.92 Å². The van der Waals surface area contributed by atoms with Crippen molar-refractivity contribution in [2.45, 2.75) is 84.1 Å². The van der Waals surface area contributed by atoms with E-state index in [1.54, 1.807) is 6.04 Å². The summed E-state index contributed by atoms with van der Waals surface area (Å²) in [6, 6.07) is 1.58. The van der Waals surface area contributed by atoms with Crippen LogP contribution in [-0.4, -0.2) is 17.6 Å². The molecule has 0 spiro atoms. The van der Waals surface area contributed by atoms with Gasteiger partial charge in [0.15, 0.2) is 0 Å². The SMILES string of the molecule is CC1CCCC[Si]1(C)C.CCCCn1ccnc1C. The summed E-state index contributed by atoms with van der Waals surface area (Å²) in [5, 5.41) is 0. The first-order valence-electron chi connectivity index (χ1n) is 7.95. The van der Waals surface area contributed by atoms with E-state index in [0.29, 0.717) is 0 Å². The van der Waals surface area contributed by atoms with Crippen molar-refractivity contribution < 1.29 is 0 Å². The highest BCUT2D eigenvalue weighted by atomic mass is 28.3. The minimum Gasteiger partial charge on any atom is -0.335 e. The molecule has 3 heteroatoms. The van der Waals surface area contributed by atoms with Crippen LogP contribution in [0.1, 0.15) is 51.8 Å². The van der Waals surface area contributed by atoms with E-state index in [-0.39, 0.29) is 0 Å². The molecule has 0 bridgehead atoms. The number of rotatable bonds is 3. The van der Waals surface area contributed by atoms with E-state index >= 15 is 0 Å². The summed E-state index contributed by atoms with van der Waals surface area (Å²) >= 11 is 0. The van der Waals surface area contributed by atoms with Crippen LogP contribution in [-0.2, 0) is 6.54 Å². The molecular weight excluding hydrogens is 248 g/mol. The molecule has 1 aliphatic rings. The molecule has 0 N–H and O–H groups in total. The highest BCUT2D eigenvalue weighted by Gasteiger charge is 2.30. The van der Waals surface area contributed by atoms with E-state index in [2.05, 4.69) is 36.5 Å². The van der Waals surface area contributed by atoms with Crippen molar-refractivity contribution in [3.05, 3.63) is 18.2 Å². The molecule has 0 aromatic carbocycles. The second kappa shape index (κ2) is 7.88. The van der Waals surface area contributed by atoms with E-state index in [4.69, 9.17) is 0 Å². The molecule has 1 aromatic heterocycles. The van der Waals surface area contributed by atoms with E-state index < -0.39 is 8.07 Å². The number of nitrogens with zero attached hydrogens (tertiary/aromatic N) is 2. The number of imidazole rings is 1. The smallest absolute Gasteiger partial charge is 0.105 e. The lowest BCUT2D eigenvalue weighted by Gasteiger charge is -2.34. The van der Waals surface area contributed by atoms with Gasteiger partial charge >= 0.3 is 0 Å². The molecule has 2 heterocycles. The molecule has 0 aliphatic carbocycles. The monoisotopic (exact) mass is 280 g/mol. The van der Waals surface area contributed by atoms with Crippen molar-refractivity contribution in [2.75, 3.05) is 0 Å². The zero-order valence-electron chi connectivity index (χ0n) is 13.6. The molecule has 19 heavy (non-hydrogen) atoms. The Morgan fingerprint density at radius 1 is 1.37 bits per heavy atom. The first-order valence-corrected chi connectivity index (χ1v) is 11.2. The number of hydrogen-bond donors (Lipinski definition) is 0. The summed E-state index contributed by atoms with van der Waals surface area (Å²) in [6.07, 6.45) is 10.9. The lowest BCUT2D eigenvalue weighted by molar-refractivity contribution is 0.616. The first-order chi connectivity index (χ1) is 8.97. The predicted molar refractivity (Wildman–Crippen MR) is 87.4 cm³/mol. The Kier molecular flexibility index (Phi) is 6.84. The fourth-order valence-corrected chi connectivity index (χ4v) is 5.28. The second-order valence-electron chi connectivity index (χ2n) is 6.66. The minimum absolute atomic E-state index is 0.694. The second-order valence-corrected chi connectivity index (χ2v) is 12.1. The maximum atomic E-state index is 4.13. The normalized spacial score (nSPS) is 21.6. The Labute approximate surface area is 120 Å². The third-order valence-corrected chi connectivity index (χ3v) is 9.32. The van der Waals surface area contributed by atoms with Gasteiger partial charge in [0.05, 0.1) is 8.07 Å². The number of aryl methyl sites for hydroxylation is 2. The van der Waals surface area contributed by atoms with E-state index in [1.165, 1.54) is 32.1 Å². The van der Waals surface area contributed by atoms with Gasteiger partial charge in [-0.05, 0) is 18.9 Å². The minimum atomic E-state index is -0.694. The molecule has 110 valence electrons. The van der Waals surface area contributed by atoms with E-state index in [1.807, 2.05) is 19.3 Å². The van der Waals surface area contributed by atoms with Crippen LogP contribution in [0.3, 0.4) is 0 Å². The van der Waals surface area contributed by atoms with E-state index in [0.717, 1.165) is 17.9 Å². The number of aromatic nitrogens is 2. The average Bonchev–Trinajstić information content (AvgIpc) is 2.77. The third kappa shape index (κ3) is 5.51. The molecule has 0 radical (unpaired) electrons. The molecule has 1 atom stereocenters. The van der Waals surface area contributed by atoms with Crippen molar-refractivity contribution >= 4 is 8.07 Å². The number of hydrogen-bond acceptors (Lipinski definition) is 1. The van der Waals surface area contributed by atoms with Gasteiger partial charge in [-0.15, -0.1) is 0 Å². The zero-order chi connectivity index (χ0) is 14.3. The lowest BCUT2D eigenvalue weighted by Crippen LogP contribution is -2.33. The molecule has 0 saturated carbocycles. The predicted octanol–water partition coefficient (Wildman–Crippen LogP) is 5.26. The molecule has 0 amide bonds. The zero-order valence-corrected chi connectivity index (χ0v) is 14.6. The Hall–Kier alpha value is -0.573.